The predicted octanol–water partition coefficient (Wildman–Crippen LogP) is 4.59. The van der Waals surface area contributed by atoms with Crippen molar-refractivity contribution in [2.75, 3.05) is 13.1 Å². The molecule has 2 aromatic rings. The average Bonchev–Trinajstić information content (AvgIpc) is 2.61. The Morgan fingerprint density at radius 3 is 2.19 bits per heavy atom. The van der Waals surface area contributed by atoms with Crippen molar-refractivity contribution in [3.05, 3.63) is 71.3 Å². The van der Waals surface area contributed by atoms with Crippen LogP contribution in [0.1, 0.15) is 42.8 Å². The third-order valence-electron chi connectivity index (χ3n) is 4.70. The van der Waals surface area contributed by atoms with E-state index in [4.69, 9.17) is 4.74 Å². The Balaban J connectivity index is 1.94. The van der Waals surface area contributed by atoms with Gasteiger partial charge in [-0.25, -0.2) is 8.78 Å². The molecule has 0 unspecified atom stereocenters. The van der Waals surface area contributed by atoms with Crippen LogP contribution in [0.25, 0.3) is 0 Å². The second-order valence-electron chi connectivity index (χ2n) is 7.70. The van der Waals surface area contributed by atoms with E-state index in [1.54, 1.807) is 0 Å². The molecule has 0 saturated carbocycles. The van der Waals surface area contributed by atoms with E-state index in [0.717, 1.165) is 17.7 Å². The number of amides is 1. The minimum atomic E-state index is -0.843. The van der Waals surface area contributed by atoms with Crippen molar-refractivity contribution < 1.29 is 18.3 Å². The first-order chi connectivity index (χ1) is 12.3. The van der Waals surface area contributed by atoms with Crippen LogP contribution in [0.5, 0.6) is 0 Å². The highest BCUT2D eigenvalue weighted by molar-refractivity contribution is 5.94. The summed E-state index contributed by atoms with van der Waals surface area (Å²) in [5.74, 6) is -2.32. The fourth-order valence-electron chi connectivity index (χ4n) is 3.11. The van der Waals surface area contributed by atoms with E-state index in [1.807, 2.05) is 51.1 Å². The molecule has 3 nitrogen and oxygen atoms in total. The van der Waals surface area contributed by atoms with Gasteiger partial charge in [-0.1, -0.05) is 57.2 Å². The SMILES string of the molecule is CC(C)(C)[C@H]1CN(C(=O)c2c(F)cccc2F)C[C@@H](c2ccccc2)O1. The first kappa shape index (κ1) is 18.5. The molecule has 2 atom stereocenters. The third kappa shape index (κ3) is 3.78. The van der Waals surface area contributed by atoms with Gasteiger partial charge in [0.25, 0.3) is 5.91 Å². The monoisotopic (exact) mass is 359 g/mol. The van der Waals surface area contributed by atoms with E-state index in [-0.39, 0.29) is 24.2 Å². The summed E-state index contributed by atoms with van der Waals surface area (Å²) in [6, 6.07) is 13.0. The molecule has 1 amide bonds. The van der Waals surface area contributed by atoms with Gasteiger partial charge in [-0.3, -0.25) is 4.79 Å². The van der Waals surface area contributed by atoms with Crippen LogP contribution in [0.2, 0.25) is 0 Å². The number of hydrogen-bond acceptors (Lipinski definition) is 2. The summed E-state index contributed by atoms with van der Waals surface area (Å²) in [6.45, 7) is 6.62. The van der Waals surface area contributed by atoms with Gasteiger partial charge in [0.15, 0.2) is 0 Å². The molecule has 0 radical (unpaired) electrons. The standard InChI is InChI=1S/C21H23F2NO2/c1-21(2,3)18-13-24(12-17(26-18)14-8-5-4-6-9-14)20(25)19-15(22)10-7-11-16(19)23/h4-11,17-18H,12-13H2,1-3H3/t17-,18+/m0/s1. The van der Waals surface area contributed by atoms with Crippen LogP contribution in [0.15, 0.2) is 48.5 Å². The van der Waals surface area contributed by atoms with Crippen molar-refractivity contribution in [2.24, 2.45) is 5.41 Å². The Morgan fingerprint density at radius 1 is 1.00 bits per heavy atom. The van der Waals surface area contributed by atoms with Crippen LogP contribution in [0.4, 0.5) is 8.78 Å². The summed E-state index contributed by atoms with van der Waals surface area (Å²) >= 11 is 0. The maximum Gasteiger partial charge on any atom is 0.260 e. The van der Waals surface area contributed by atoms with Crippen molar-refractivity contribution >= 4 is 5.91 Å². The highest BCUT2D eigenvalue weighted by atomic mass is 19.1. The summed E-state index contributed by atoms with van der Waals surface area (Å²) in [5, 5.41) is 0. The summed E-state index contributed by atoms with van der Waals surface area (Å²) in [5.41, 5.74) is 0.210. The van der Waals surface area contributed by atoms with Crippen molar-refractivity contribution in [2.45, 2.75) is 33.0 Å². The Bertz CT molecular complexity index is 766. The first-order valence-corrected chi connectivity index (χ1v) is 8.71. The maximum absolute atomic E-state index is 14.1. The number of benzene rings is 2. The smallest absolute Gasteiger partial charge is 0.260 e. The van der Waals surface area contributed by atoms with Gasteiger partial charge in [-0.05, 0) is 23.1 Å². The van der Waals surface area contributed by atoms with Gasteiger partial charge in [0, 0.05) is 6.54 Å². The van der Waals surface area contributed by atoms with Crippen molar-refractivity contribution in [1.29, 1.82) is 0 Å². The Labute approximate surface area is 152 Å². The molecule has 1 saturated heterocycles. The van der Waals surface area contributed by atoms with Crippen molar-refractivity contribution in [3.8, 4) is 0 Å². The molecule has 1 aliphatic heterocycles. The number of halogens is 2. The van der Waals surface area contributed by atoms with E-state index in [2.05, 4.69) is 0 Å². The zero-order valence-corrected chi connectivity index (χ0v) is 15.2. The van der Waals surface area contributed by atoms with Gasteiger partial charge < -0.3 is 9.64 Å². The lowest BCUT2D eigenvalue weighted by molar-refractivity contribution is -0.119. The number of hydrogen-bond donors (Lipinski definition) is 0. The fourth-order valence-corrected chi connectivity index (χ4v) is 3.11. The number of carbonyl (C=O) groups excluding carboxylic acids is 1. The highest BCUT2D eigenvalue weighted by Gasteiger charge is 2.38. The van der Waals surface area contributed by atoms with Crippen LogP contribution in [0, 0.1) is 17.0 Å². The molecule has 1 heterocycles. The number of ether oxygens (including phenoxy) is 1. The number of carbonyl (C=O) groups is 1. The Morgan fingerprint density at radius 2 is 1.62 bits per heavy atom. The molecule has 138 valence electrons. The lowest BCUT2D eigenvalue weighted by atomic mass is 9.87. The maximum atomic E-state index is 14.1. The van der Waals surface area contributed by atoms with Crippen LogP contribution in [0.3, 0.4) is 0 Å². The van der Waals surface area contributed by atoms with Crippen molar-refractivity contribution in [1.82, 2.24) is 4.90 Å². The molecule has 0 bridgehead atoms. The van der Waals surface area contributed by atoms with Crippen molar-refractivity contribution in [3.63, 3.8) is 0 Å². The normalized spacial score (nSPS) is 20.9. The summed E-state index contributed by atoms with van der Waals surface area (Å²) in [7, 11) is 0. The Kier molecular flexibility index (Phi) is 5.10. The molecule has 0 aromatic heterocycles. The van der Waals surface area contributed by atoms with E-state index in [9.17, 15) is 13.6 Å². The molecule has 3 rings (SSSR count). The summed E-state index contributed by atoms with van der Waals surface area (Å²) in [4.78, 5) is 14.4. The minimum Gasteiger partial charge on any atom is -0.366 e. The molecular weight excluding hydrogens is 336 g/mol. The van der Waals surface area contributed by atoms with Crippen LogP contribution in [-0.4, -0.2) is 30.0 Å². The van der Waals surface area contributed by atoms with Gasteiger partial charge in [0.05, 0.1) is 12.6 Å². The minimum absolute atomic E-state index is 0.222. The predicted molar refractivity (Wildman–Crippen MR) is 95.8 cm³/mol. The first-order valence-electron chi connectivity index (χ1n) is 8.71. The summed E-state index contributed by atoms with van der Waals surface area (Å²) < 4.78 is 34.4. The number of nitrogens with zero attached hydrogens (tertiary/aromatic N) is 1. The molecule has 2 aromatic carbocycles. The van der Waals surface area contributed by atoms with E-state index < -0.39 is 23.1 Å². The lowest BCUT2D eigenvalue weighted by Crippen LogP contribution is -2.51. The quantitative estimate of drug-likeness (QED) is 0.785. The average molecular weight is 359 g/mol. The largest absolute Gasteiger partial charge is 0.366 e. The lowest BCUT2D eigenvalue weighted by Gasteiger charge is -2.43. The van der Waals surface area contributed by atoms with Gasteiger partial charge in [-0.2, -0.15) is 0 Å². The molecule has 1 fully saturated rings. The molecule has 0 N–H and O–H groups in total. The second-order valence-corrected chi connectivity index (χ2v) is 7.70. The van der Waals surface area contributed by atoms with E-state index >= 15 is 0 Å². The Hall–Kier alpha value is -2.27. The van der Waals surface area contributed by atoms with Crippen LogP contribution >= 0.6 is 0 Å². The third-order valence-corrected chi connectivity index (χ3v) is 4.70. The summed E-state index contributed by atoms with van der Waals surface area (Å²) in [6.07, 6.45) is -0.590. The molecule has 0 spiro atoms. The second kappa shape index (κ2) is 7.16. The zero-order valence-electron chi connectivity index (χ0n) is 15.2. The molecule has 5 heteroatoms. The number of morpholine rings is 1. The molecule has 26 heavy (non-hydrogen) atoms. The van der Waals surface area contributed by atoms with Crippen LogP contribution < -0.4 is 0 Å². The molecular formula is C21H23F2NO2. The van der Waals surface area contributed by atoms with Gasteiger partial charge in [0.2, 0.25) is 0 Å². The van der Waals surface area contributed by atoms with Gasteiger partial charge in [-0.15, -0.1) is 0 Å². The van der Waals surface area contributed by atoms with Gasteiger partial charge >= 0.3 is 0 Å². The molecule has 1 aliphatic rings. The topological polar surface area (TPSA) is 29.5 Å². The zero-order chi connectivity index (χ0) is 18.9. The fraction of sp³-hybridized carbons (Fsp3) is 0.381. The number of rotatable bonds is 2. The molecule has 0 aliphatic carbocycles. The van der Waals surface area contributed by atoms with Gasteiger partial charge in [0.1, 0.15) is 23.3 Å². The van der Waals surface area contributed by atoms with Crippen LogP contribution in [-0.2, 0) is 4.74 Å². The van der Waals surface area contributed by atoms with E-state index in [1.165, 1.54) is 11.0 Å². The van der Waals surface area contributed by atoms with E-state index in [0.29, 0.717) is 6.54 Å². The highest BCUT2D eigenvalue weighted by Crippen LogP contribution is 2.34.